The minimum absolute atomic E-state index is 0.0607. The van der Waals surface area contributed by atoms with Gasteiger partial charge >= 0.3 is 5.69 Å². The van der Waals surface area contributed by atoms with Gasteiger partial charge in [-0.25, -0.2) is 4.79 Å². The predicted molar refractivity (Wildman–Crippen MR) is 56.2 cm³/mol. The van der Waals surface area contributed by atoms with Crippen LogP contribution in [0.5, 0.6) is 0 Å². The number of carbonyl (C=O) groups is 1. The van der Waals surface area contributed by atoms with Crippen LogP contribution in [0.15, 0.2) is 15.8 Å². The van der Waals surface area contributed by atoms with E-state index in [-0.39, 0.29) is 17.0 Å². The Morgan fingerprint density at radius 3 is 2.47 bits per heavy atom. The Balaban J connectivity index is 3.53. The summed E-state index contributed by atoms with van der Waals surface area (Å²) >= 11 is 0. The molecule has 0 aliphatic heterocycles. The highest BCUT2D eigenvalue weighted by atomic mass is 16.2. The molecule has 0 unspecified atom stereocenters. The van der Waals surface area contributed by atoms with Gasteiger partial charge in [0.25, 0.3) is 5.56 Å². The Morgan fingerprint density at radius 1 is 1.40 bits per heavy atom. The second kappa shape index (κ2) is 4.25. The van der Waals surface area contributed by atoms with Gasteiger partial charge in [0, 0.05) is 19.8 Å². The van der Waals surface area contributed by atoms with Gasteiger partial charge in [0.15, 0.2) is 5.78 Å². The highest BCUT2D eigenvalue weighted by molar-refractivity contribution is 5.93. The van der Waals surface area contributed by atoms with Gasteiger partial charge in [0.05, 0.1) is 5.56 Å². The molecule has 0 fully saturated rings. The summed E-state index contributed by atoms with van der Waals surface area (Å²) in [7, 11) is 1.38. The molecule has 5 nitrogen and oxygen atoms in total. The molecule has 1 rings (SSSR count). The molecule has 1 aromatic rings. The van der Waals surface area contributed by atoms with Gasteiger partial charge in [0.2, 0.25) is 0 Å². The normalized spacial score (nSPS) is 10.3. The van der Waals surface area contributed by atoms with Crippen LogP contribution < -0.4 is 11.2 Å². The molecule has 82 valence electrons. The molecule has 0 atom stereocenters. The highest BCUT2D eigenvalue weighted by Crippen LogP contribution is 1.92. The van der Waals surface area contributed by atoms with E-state index >= 15 is 0 Å². The molecule has 0 bridgehead atoms. The molecule has 0 radical (unpaired) electrons. The number of aromatic nitrogens is 2. The van der Waals surface area contributed by atoms with Crippen molar-refractivity contribution in [1.82, 2.24) is 9.13 Å². The van der Waals surface area contributed by atoms with Crippen molar-refractivity contribution >= 4 is 5.78 Å². The first kappa shape index (κ1) is 11.4. The molecule has 1 heterocycles. The zero-order valence-corrected chi connectivity index (χ0v) is 9.11. The van der Waals surface area contributed by atoms with Crippen LogP contribution in [-0.2, 0) is 13.6 Å². The van der Waals surface area contributed by atoms with Crippen LogP contribution in [0, 0.1) is 0 Å². The van der Waals surface area contributed by atoms with Gasteiger partial charge in [-0.05, 0) is 13.3 Å². The van der Waals surface area contributed by atoms with Crippen LogP contribution in [0.4, 0.5) is 0 Å². The fourth-order valence-electron chi connectivity index (χ4n) is 1.37. The number of ketones is 1. The molecule has 5 heteroatoms. The molecule has 0 saturated carbocycles. The lowest BCUT2D eigenvalue weighted by Gasteiger charge is -2.07. The molecule has 0 aromatic carbocycles. The Bertz CT molecular complexity index is 496. The summed E-state index contributed by atoms with van der Waals surface area (Å²) in [6.45, 7) is 3.75. The van der Waals surface area contributed by atoms with Crippen LogP contribution in [0.1, 0.15) is 30.6 Å². The number of hydrogen-bond acceptors (Lipinski definition) is 3. The fourth-order valence-corrected chi connectivity index (χ4v) is 1.37. The third-order valence-corrected chi connectivity index (χ3v) is 2.20. The summed E-state index contributed by atoms with van der Waals surface area (Å²) in [4.78, 5) is 34.2. The number of carbonyl (C=O) groups excluding carboxylic acids is 1. The van der Waals surface area contributed by atoms with Gasteiger partial charge < -0.3 is 0 Å². The second-order valence-corrected chi connectivity index (χ2v) is 3.44. The first-order valence-corrected chi connectivity index (χ1v) is 4.80. The first-order valence-electron chi connectivity index (χ1n) is 4.80. The Hall–Kier alpha value is -1.65. The first-order chi connectivity index (χ1) is 6.99. The Kier molecular flexibility index (Phi) is 3.24. The average molecular weight is 210 g/mol. The molecule has 1 aromatic heterocycles. The third kappa shape index (κ3) is 2.06. The van der Waals surface area contributed by atoms with Crippen molar-refractivity contribution in [3.63, 3.8) is 0 Å². The Morgan fingerprint density at radius 2 is 2.00 bits per heavy atom. The van der Waals surface area contributed by atoms with Crippen LogP contribution in [0.25, 0.3) is 0 Å². The van der Waals surface area contributed by atoms with Crippen molar-refractivity contribution in [3.8, 4) is 0 Å². The molecule has 0 aliphatic carbocycles. The van der Waals surface area contributed by atoms with E-state index in [1.807, 2.05) is 6.92 Å². The number of aryl methyl sites for hydroxylation is 1. The van der Waals surface area contributed by atoms with Crippen LogP contribution in [0.3, 0.4) is 0 Å². The number of rotatable bonds is 3. The van der Waals surface area contributed by atoms with Crippen molar-refractivity contribution in [2.24, 2.45) is 7.05 Å². The smallest absolute Gasteiger partial charge is 0.300 e. The van der Waals surface area contributed by atoms with Gasteiger partial charge in [0.1, 0.15) is 0 Å². The van der Waals surface area contributed by atoms with E-state index in [1.54, 1.807) is 0 Å². The summed E-state index contributed by atoms with van der Waals surface area (Å²) in [6.07, 6.45) is 2.12. The van der Waals surface area contributed by atoms with Crippen LogP contribution in [-0.4, -0.2) is 14.9 Å². The fraction of sp³-hybridized carbons (Fsp3) is 0.500. The van der Waals surface area contributed by atoms with Gasteiger partial charge in [-0.1, -0.05) is 6.92 Å². The molecule has 0 aliphatic rings. The summed E-state index contributed by atoms with van der Waals surface area (Å²) in [5, 5.41) is 0. The lowest BCUT2D eigenvalue weighted by molar-refractivity contribution is 0.101. The van der Waals surface area contributed by atoms with Crippen molar-refractivity contribution in [3.05, 3.63) is 32.6 Å². The van der Waals surface area contributed by atoms with Crippen molar-refractivity contribution < 1.29 is 4.79 Å². The van der Waals surface area contributed by atoms with Crippen LogP contribution in [0.2, 0.25) is 0 Å². The zero-order chi connectivity index (χ0) is 11.6. The summed E-state index contributed by atoms with van der Waals surface area (Å²) in [5.74, 6) is -0.319. The van der Waals surface area contributed by atoms with E-state index in [4.69, 9.17) is 0 Å². The SMILES string of the molecule is CCCn1cc(C(C)=O)c(=O)n(C)c1=O. The maximum absolute atomic E-state index is 11.6. The third-order valence-electron chi connectivity index (χ3n) is 2.20. The molecular weight excluding hydrogens is 196 g/mol. The van der Waals surface area contributed by atoms with Crippen molar-refractivity contribution in [2.75, 3.05) is 0 Å². The molecule has 0 N–H and O–H groups in total. The predicted octanol–water partition coefficient (Wildman–Crippen LogP) is 0.160. The largest absolute Gasteiger partial charge is 0.330 e. The summed E-state index contributed by atoms with van der Waals surface area (Å²) < 4.78 is 2.35. The lowest BCUT2D eigenvalue weighted by Crippen LogP contribution is -2.40. The molecular formula is C10H14N2O3. The topological polar surface area (TPSA) is 61.1 Å². The lowest BCUT2D eigenvalue weighted by atomic mass is 10.2. The average Bonchev–Trinajstić information content (AvgIpc) is 2.18. The number of nitrogens with zero attached hydrogens (tertiary/aromatic N) is 2. The molecule has 15 heavy (non-hydrogen) atoms. The maximum atomic E-state index is 11.6. The van der Waals surface area contributed by atoms with E-state index in [2.05, 4.69) is 0 Å². The Labute approximate surface area is 87.0 Å². The molecule has 0 amide bonds. The summed E-state index contributed by atoms with van der Waals surface area (Å²) in [6, 6.07) is 0. The van der Waals surface area contributed by atoms with Crippen molar-refractivity contribution in [1.29, 1.82) is 0 Å². The number of hydrogen-bond donors (Lipinski definition) is 0. The van der Waals surface area contributed by atoms with E-state index in [0.717, 1.165) is 11.0 Å². The molecule has 0 saturated heterocycles. The number of Topliss-reactive ketones (excluding diaryl/α,β-unsaturated/α-hetero) is 1. The monoisotopic (exact) mass is 210 g/mol. The minimum Gasteiger partial charge on any atom is -0.300 e. The minimum atomic E-state index is -0.528. The van der Waals surface area contributed by atoms with E-state index in [0.29, 0.717) is 6.54 Å². The van der Waals surface area contributed by atoms with E-state index in [1.165, 1.54) is 24.7 Å². The van der Waals surface area contributed by atoms with Crippen molar-refractivity contribution in [2.45, 2.75) is 26.8 Å². The van der Waals surface area contributed by atoms with E-state index < -0.39 is 5.56 Å². The van der Waals surface area contributed by atoms with Crippen LogP contribution >= 0.6 is 0 Å². The van der Waals surface area contributed by atoms with Gasteiger partial charge in [-0.2, -0.15) is 0 Å². The standard InChI is InChI=1S/C10H14N2O3/c1-4-5-12-6-8(7(2)13)9(14)11(3)10(12)15/h6H,4-5H2,1-3H3. The molecule has 0 spiro atoms. The maximum Gasteiger partial charge on any atom is 0.330 e. The quantitative estimate of drug-likeness (QED) is 0.668. The van der Waals surface area contributed by atoms with E-state index in [9.17, 15) is 14.4 Å². The van der Waals surface area contributed by atoms with Gasteiger partial charge in [-0.15, -0.1) is 0 Å². The highest BCUT2D eigenvalue weighted by Gasteiger charge is 2.11. The second-order valence-electron chi connectivity index (χ2n) is 3.44. The summed E-state index contributed by atoms with van der Waals surface area (Å²) in [5.41, 5.74) is -0.850. The van der Waals surface area contributed by atoms with Gasteiger partial charge in [-0.3, -0.25) is 18.7 Å². The zero-order valence-electron chi connectivity index (χ0n) is 9.11.